The molecule has 3 amide bonds. The molecule has 0 fully saturated rings. The number of amides is 3. The molecular weight excluding hydrogens is 388 g/mol. The summed E-state index contributed by atoms with van der Waals surface area (Å²) in [5.74, 6) is -3.04. The van der Waals surface area contributed by atoms with Gasteiger partial charge in [0.05, 0.1) is 12.1 Å². The number of thioether (sulfide) groups is 1. The molecule has 10 nitrogen and oxygen atoms in total. The highest BCUT2D eigenvalue weighted by Crippen LogP contribution is 2.06. The van der Waals surface area contributed by atoms with E-state index in [9.17, 15) is 29.4 Å². The SMILES string of the molecule is CSCCC(NC(=O)C(NC(=O)C(NC(=O)C(C)N)C(C)C)C(C)O)C(=O)O. The highest BCUT2D eigenvalue weighted by molar-refractivity contribution is 7.98. The van der Waals surface area contributed by atoms with Crippen LogP contribution in [0.5, 0.6) is 0 Å². The molecule has 0 aromatic heterocycles. The Hall–Kier alpha value is -1.85. The van der Waals surface area contributed by atoms with Gasteiger partial charge in [-0.25, -0.2) is 4.79 Å². The number of nitrogens with one attached hydrogen (secondary N) is 3. The van der Waals surface area contributed by atoms with Crippen molar-refractivity contribution >= 4 is 35.5 Å². The molecule has 0 spiro atoms. The molecule has 0 rings (SSSR count). The molecule has 0 aliphatic heterocycles. The molecule has 0 saturated carbocycles. The molecule has 0 saturated heterocycles. The van der Waals surface area contributed by atoms with E-state index in [-0.39, 0.29) is 12.3 Å². The molecule has 0 radical (unpaired) electrons. The number of hydrogen-bond donors (Lipinski definition) is 6. The summed E-state index contributed by atoms with van der Waals surface area (Å²) in [6.07, 6.45) is 0.722. The van der Waals surface area contributed by atoms with E-state index in [0.29, 0.717) is 5.75 Å². The monoisotopic (exact) mass is 420 g/mol. The number of rotatable bonds is 12. The Bertz CT molecular complexity index is 556. The van der Waals surface area contributed by atoms with E-state index in [0.717, 1.165) is 0 Å². The highest BCUT2D eigenvalue weighted by Gasteiger charge is 2.33. The number of carbonyl (C=O) groups is 4. The summed E-state index contributed by atoms with van der Waals surface area (Å²) in [4.78, 5) is 48.2. The molecule has 28 heavy (non-hydrogen) atoms. The number of aliphatic hydroxyl groups excluding tert-OH is 1. The average Bonchev–Trinajstić information content (AvgIpc) is 2.59. The molecule has 0 bridgehead atoms. The van der Waals surface area contributed by atoms with E-state index >= 15 is 0 Å². The van der Waals surface area contributed by atoms with Gasteiger partial charge in [-0.2, -0.15) is 11.8 Å². The number of nitrogens with two attached hydrogens (primary N) is 1. The van der Waals surface area contributed by atoms with Crippen molar-refractivity contribution in [1.29, 1.82) is 0 Å². The second-order valence-corrected chi connectivity index (χ2v) is 7.91. The molecular formula is C17H32N4O6S. The minimum absolute atomic E-state index is 0.196. The summed E-state index contributed by atoms with van der Waals surface area (Å²) < 4.78 is 0. The highest BCUT2D eigenvalue weighted by atomic mass is 32.2. The predicted octanol–water partition coefficient (Wildman–Crippen LogP) is -1.34. The fourth-order valence-electron chi connectivity index (χ4n) is 2.22. The van der Waals surface area contributed by atoms with Gasteiger partial charge >= 0.3 is 5.97 Å². The first kappa shape index (κ1) is 26.1. The van der Waals surface area contributed by atoms with Crippen molar-refractivity contribution in [2.24, 2.45) is 11.7 Å². The number of carbonyl (C=O) groups excluding carboxylic acids is 3. The summed E-state index contributed by atoms with van der Waals surface area (Å²) in [6.45, 7) is 6.17. The Morgan fingerprint density at radius 3 is 1.82 bits per heavy atom. The molecule has 7 N–H and O–H groups in total. The van der Waals surface area contributed by atoms with Gasteiger partial charge in [-0.3, -0.25) is 14.4 Å². The lowest BCUT2D eigenvalue weighted by molar-refractivity contribution is -0.143. The molecule has 0 aromatic rings. The summed E-state index contributed by atoms with van der Waals surface area (Å²) in [5.41, 5.74) is 5.50. The van der Waals surface area contributed by atoms with Crippen molar-refractivity contribution in [2.75, 3.05) is 12.0 Å². The number of carboxylic acids is 1. The second-order valence-electron chi connectivity index (χ2n) is 6.93. The topological polar surface area (TPSA) is 171 Å². The van der Waals surface area contributed by atoms with Crippen LogP contribution in [0, 0.1) is 5.92 Å². The van der Waals surface area contributed by atoms with Gasteiger partial charge < -0.3 is 31.9 Å². The first-order valence-corrected chi connectivity index (χ1v) is 10.4. The molecule has 11 heteroatoms. The van der Waals surface area contributed by atoms with Crippen LogP contribution in [-0.4, -0.2) is 76.2 Å². The maximum atomic E-state index is 12.6. The van der Waals surface area contributed by atoms with E-state index in [1.165, 1.54) is 25.6 Å². The quantitative estimate of drug-likeness (QED) is 0.225. The van der Waals surface area contributed by atoms with Gasteiger partial charge in [0.25, 0.3) is 0 Å². The van der Waals surface area contributed by atoms with Crippen LogP contribution in [0.15, 0.2) is 0 Å². The van der Waals surface area contributed by atoms with Crippen molar-refractivity contribution in [3.63, 3.8) is 0 Å². The lowest BCUT2D eigenvalue weighted by atomic mass is 10.0. The van der Waals surface area contributed by atoms with E-state index in [1.807, 2.05) is 6.26 Å². The Labute approximate surface area is 169 Å². The Kier molecular flexibility index (Phi) is 11.7. The molecule has 0 aromatic carbocycles. The molecule has 0 aliphatic rings. The summed E-state index contributed by atoms with van der Waals surface area (Å²) in [5, 5.41) is 26.4. The zero-order valence-electron chi connectivity index (χ0n) is 16.9. The summed E-state index contributed by atoms with van der Waals surface area (Å²) in [6, 6.07) is -4.31. The fraction of sp³-hybridized carbons (Fsp3) is 0.765. The number of aliphatic hydroxyl groups is 1. The number of hydrogen-bond acceptors (Lipinski definition) is 7. The van der Waals surface area contributed by atoms with E-state index < -0.39 is 54.0 Å². The van der Waals surface area contributed by atoms with Crippen LogP contribution in [0.4, 0.5) is 0 Å². The summed E-state index contributed by atoms with van der Waals surface area (Å²) in [7, 11) is 0. The van der Waals surface area contributed by atoms with Crippen LogP contribution in [-0.2, 0) is 19.2 Å². The van der Waals surface area contributed by atoms with Crippen molar-refractivity contribution in [3.05, 3.63) is 0 Å². The maximum absolute atomic E-state index is 12.6. The van der Waals surface area contributed by atoms with Gasteiger partial charge in [0, 0.05) is 0 Å². The molecule has 5 unspecified atom stereocenters. The Balaban J connectivity index is 5.24. The smallest absolute Gasteiger partial charge is 0.326 e. The van der Waals surface area contributed by atoms with E-state index in [4.69, 9.17) is 5.73 Å². The van der Waals surface area contributed by atoms with E-state index in [2.05, 4.69) is 16.0 Å². The molecule has 0 heterocycles. The fourth-order valence-corrected chi connectivity index (χ4v) is 2.69. The first-order chi connectivity index (χ1) is 12.9. The third kappa shape index (κ3) is 8.89. The van der Waals surface area contributed by atoms with Crippen molar-refractivity contribution in [2.45, 2.75) is 64.4 Å². The standard InChI is InChI=1S/C17H32N4O6S/c1-8(2)12(20-14(23)9(3)18)15(24)21-13(10(4)22)16(25)19-11(17(26)27)6-7-28-5/h8-13,22H,6-7,18H2,1-5H3,(H,19,25)(H,20,23)(H,21,24)(H,26,27). The van der Waals surface area contributed by atoms with Crippen LogP contribution >= 0.6 is 11.8 Å². The molecule has 0 aliphatic carbocycles. The summed E-state index contributed by atoms with van der Waals surface area (Å²) >= 11 is 1.43. The minimum atomic E-state index is -1.38. The van der Waals surface area contributed by atoms with Crippen LogP contribution < -0.4 is 21.7 Å². The van der Waals surface area contributed by atoms with Gasteiger partial charge in [-0.05, 0) is 38.2 Å². The van der Waals surface area contributed by atoms with Crippen LogP contribution in [0.3, 0.4) is 0 Å². The molecule has 5 atom stereocenters. The van der Waals surface area contributed by atoms with Gasteiger partial charge in [-0.1, -0.05) is 13.8 Å². The number of carboxylic acid groups (broad SMARTS) is 1. The van der Waals surface area contributed by atoms with Gasteiger partial charge in [0.15, 0.2) is 0 Å². The zero-order valence-corrected chi connectivity index (χ0v) is 17.7. The Morgan fingerprint density at radius 1 is 0.929 bits per heavy atom. The van der Waals surface area contributed by atoms with Crippen molar-refractivity contribution in [1.82, 2.24) is 16.0 Å². The zero-order chi connectivity index (χ0) is 22.0. The van der Waals surface area contributed by atoms with E-state index in [1.54, 1.807) is 13.8 Å². The average molecular weight is 421 g/mol. The largest absolute Gasteiger partial charge is 0.480 e. The minimum Gasteiger partial charge on any atom is -0.480 e. The van der Waals surface area contributed by atoms with Crippen LogP contribution in [0.25, 0.3) is 0 Å². The lowest BCUT2D eigenvalue weighted by Gasteiger charge is -2.27. The van der Waals surface area contributed by atoms with Crippen molar-refractivity contribution in [3.8, 4) is 0 Å². The first-order valence-electron chi connectivity index (χ1n) is 8.98. The number of aliphatic carboxylic acids is 1. The second kappa shape index (κ2) is 12.6. The Morgan fingerprint density at radius 2 is 1.43 bits per heavy atom. The molecule has 162 valence electrons. The van der Waals surface area contributed by atoms with Gasteiger partial charge in [0.2, 0.25) is 17.7 Å². The lowest BCUT2D eigenvalue weighted by Crippen LogP contribution is -2.60. The maximum Gasteiger partial charge on any atom is 0.326 e. The van der Waals surface area contributed by atoms with Gasteiger partial charge in [0.1, 0.15) is 18.1 Å². The van der Waals surface area contributed by atoms with Crippen molar-refractivity contribution < 1.29 is 29.4 Å². The third-order valence-corrected chi connectivity index (χ3v) is 4.59. The van der Waals surface area contributed by atoms with Crippen LogP contribution in [0.2, 0.25) is 0 Å². The third-order valence-electron chi connectivity index (χ3n) is 3.95. The normalized spacial score (nSPS) is 16.4. The predicted molar refractivity (Wildman–Crippen MR) is 107 cm³/mol. The van der Waals surface area contributed by atoms with Gasteiger partial charge in [-0.15, -0.1) is 0 Å². The van der Waals surface area contributed by atoms with Crippen LogP contribution in [0.1, 0.15) is 34.1 Å².